The molecular formula is C52H37N. The molecule has 0 saturated heterocycles. The van der Waals surface area contributed by atoms with Crippen LogP contribution in [0, 0.1) is 0 Å². The molecule has 0 amide bonds. The molecule has 0 radical (unpaired) electrons. The summed E-state index contributed by atoms with van der Waals surface area (Å²) < 4.78 is 0. The molecule has 9 aromatic carbocycles. The van der Waals surface area contributed by atoms with Crippen molar-refractivity contribution in [1.29, 1.82) is 0 Å². The van der Waals surface area contributed by atoms with Crippen molar-refractivity contribution in [1.82, 2.24) is 0 Å². The molecule has 0 saturated carbocycles. The van der Waals surface area contributed by atoms with E-state index >= 15 is 0 Å². The van der Waals surface area contributed by atoms with E-state index in [4.69, 9.17) is 0 Å². The number of fused-ring (bicyclic) bond motifs is 1. The average molecular weight is 676 g/mol. The molecule has 0 aliphatic heterocycles. The predicted molar refractivity (Wildman–Crippen MR) is 226 cm³/mol. The molecule has 0 heterocycles. The summed E-state index contributed by atoms with van der Waals surface area (Å²) in [5, 5.41) is 2.52. The van der Waals surface area contributed by atoms with E-state index in [0.717, 1.165) is 17.1 Å². The highest BCUT2D eigenvalue weighted by molar-refractivity contribution is 5.98. The van der Waals surface area contributed by atoms with Crippen LogP contribution in [0.1, 0.15) is 0 Å². The first kappa shape index (κ1) is 32.0. The highest BCUT2D eigenvalue weighted by Gasteiger charge is 2.17. The molecule has 250 valence electrons. The van der Waals surface area contributed by atoms with Crippen molar-refractivity contribution >= 4 is 27.8 Å². The minimum absolute atomic E-state index is 1.10. The largest absolute Gasteiger partial charge is 0.311 e. The molecule has 9 aromatic rings. The summed E-state index contributed by atoms with van der Waals surface area (Å²) >= 11 is 0. The maximum Gasteiger partial charge on any atom is 0.0462 e. The van der Waals surface area contributed by atoms with Gasteiger partial charge in [0, 0.05) is 17.1 Å². The average Bonchev–Trinajstić information content (AvgIpc) is 3.25. The van der Waals surface area contributed by atoms with Crippen LogP contribution in [0.4, 0.5) is 17.1 Å². The van der Waals surface area contributed by atoms with Crippen LogP contribution in [0.25, 0.3) is 66.4 Å². The van der Waals surface area contributed by atoms with Crippen molar-refractivity contribution in [3.8, 4) is 55.6 Å². The lowest BCUT2D eigenvalue weighted by Crippen LogP contribution is -2.09. The van der Waals surface area contributed by atoms with Gasteiger partial charge in [-0.3, -0.25) is 0 Å². The maximum atomic E-state index is 2.33. The number of anilines is 3. The Kier molecular flexibility index (Phi) is 8.66. The van der Waals surface area contributed by atoms with Crippen molar-refractivity contribution in [2.24, 2.45) is 0 Å². The van der Waals surface area contributed by atoms with E-state index in [2.05, 4.69) is 229 Å². The van der Waals surface area contributed by atoms with Gasteiger partial charge in [0.15, 0.2) is 0 Å². The third-order valence-corrected chi connectivity index (χ3v) is 10.1. The van der Waals surface area contributed by atoms with Crippen LogP contribution in [0.3, 0.4) is 0 Å². The van der Waals surface area contributed by atoms with Crippen LogP contribution in [0.2, 0.25) is 0 Å². The van der Waals surface area contributed by atoms with Gasteiger partial charge in [-0.15, -0.1) is 0 Å². The molecule has 0 N–H and O–H groups in total. The Labute approximate surface area is 311 Å². The zero-order valence-corrected chi connectivity index (χ0v) is 29.3. The van der Waals surface area contributed by atoms with E-state index in [1.807, 2.05) is 0 Å². The lowest BCUT2D eigenvalue weighted by Gasteiger charge is -2.26. The molecule has 1 heteroatoms. The minimum atomic E-state index is 1.10. The molecule has 0 aromatic heterocycles. The fourth-order valence-corrected chi connectivity index (χ4v) is 7.59. The molecule has 0 fully saturated rings. The highest BCUT2D eigenvalue weighted by atomic mass is 15.1. The predicted octanol–water partition coefficient (Wildman–Crippen LogP) is 14.6. The van der Waals surface area contributed by atoms with Gasteiger partial charge in [0.2, 0.25) is 0 Å². The number of nitrogens with zero attached hydrogens (tertiary/aromatic N) is 1. The number of rotatable bonds is 8. The Bertz CT molecular complexity index is 2640. The monoisotopic (exact) mass is 675 g/mol. The molecule has 0 aliphatic rings. The summed E-state index contributed by atoms with van der Waals surface area (Å²) in [6, 6.07) is 80.7. The van der Waals surface area contributed by atoms with Crippen molar-refractivity contribution in [2.45, 2.75) is 0 Å². The smallest absolute Gasteiger partial charge is 0.0462 e. The number of hydrogen-bond acceptors (Lipinski definition) is 1. The van der Waals surface area contributed by atoms with Crippen molar-refractivity contribution in [3.63, 3.8) is 0 Å². The first-order valence-corrected chi connectivity index (χ1v) is 18.2. The summed E-state index contributed by atoms with van der Waals surface area (Å²) in [7, 11) is 0. The summed E-state index contributed by atoms with van der Waals surface area (Å²) in [5.74, 6) is 0. The van der Waals surface area contributed by atoms with Crippen LogP contribution in [-0.4, -0.2) is 0 Å². The summed E-state index contributed by atoms with van der Waals surface area (Å²) in [5.41, 5.74) is 15.5. The van der Waals surface area contributed by atoms with Gasteiger partial charge >= 0.3 is 0 Å². The fraction of sp³-hybridized carbons (Fsp3) is 0. The second kappa shape index (κ2) is 14.3. The van der Waals surface area contributed by atoms with Gasteiger partial charge in [0.1, 0.15) is 0 Å². The Hall–Kier alpha value is -6.96. The van der Waals surface area contributed by atoms with Gasteiger partial charge in [-0.2, -0.15) is 0 Å². The Morgan fingerprint density at radius 1 is 0.208 bits per heavy atom. The molecule has 9 rings (SSSR count). The van der Waals surface area contributed by atoms with Crippen molar-refractivity contribution in [2.75, 3.05) is 4.90 Å². The van der Waals surface area contributed by atoms with Crippen LogP contribution < -0.4 is 4.90 Å². The van der Waals surface area contributed by atoms with Gasteiger partial charge in [0.25, 0.3) is 0 Å². The molecule has 0 aliphatic carbocycles. The summed E-state index contributed by atoms with van der Waals surface area (Å²) in [6.45, 7) is 0. The van der Waals surface area contributed by atoms with Crippen molar-refractivity contribution in [3.05, 3.63) is 224 Å². The van der Waals surface area contributed by atoms with Crippen LogP contribution in [-0.2, 0) is 0 Å². The van der Waals surface area contributed by atoms with E-state index in [9.17, 15) is 0 Å². The summed E-state index contributed by atoms with van der Waals surface area (Å²) in [6.07, 6.45) is 0. The first-order valence-electron chi connectivity index (χ1n) is 18.2. The Balaban J connectivity index is 1.09. The maximum absolute atomic E-state index is 2.33. The lowest BCUT2D eigenvalue weighted by molar-refractivity contribution is 1.28. The summed E-state index contributed by atoms with van der Waals surface area (Å²) in [4.78, 5) is 2.33. The molecule has 0 atom stereocenters. The molecule has 1 nitrogen and oxygen atoms in total. The molecular weight excluding hydrogens is 639 g/mol. The number of benzene rings is 9. The second-order valence-corrected chi connectivity index (χ2v) is 13.3. The van der Waals surface area contributed by atoms with E-state index < -0.39 is 0 Å². The molecule has 0 bridgehead atoms. The normalized spacial score (nSPS) is 11.0. The highest BCUT2D eigenvalue weighted by Crippen LogP contribution is 2.43. The van der Waals surface area contributed by atoms with Crippen LogP contribution in [0.5, 0.6) is 0 Å². The van der Waals surface area contributed by atoms with Gasteiger partial charge in [0.05, 0.1) is 0 Å². The van der Waals surface area contributed by atoms with Crippen LogP contribution >= 0.6 is 0 Å². The Morgan fingerprint density at radius 2 is 0.547 bits per heavy atom. The van der Waals surface area contributed by atoms with E-state index in [-0.39, 0.29) is 0 Å². The Morgan fingerprint density at radius 3 is 1.09 bits per heavy atom. The van der Waals surface area contributed by atoms with Gasteiger partial charge < -0.3 is 4.90 Å². The van der Waals surface area contributed by atoms with Gasteiger partial charge in [-0.1, -0.05) is 188 Å². The minimum Gasteiger partial charge on any atom is -0.311 e. The van der Waals surface area contributed by atoms with E-state index in [1.54, 1.807) is 0 Å². The van der Waals surface area contributed by atoms with E-state index in [1.165, 1.54) is 66.4 Å². The van der Waals surface area contributed by atoms with E-state index in [0.29, 0.717) is 0 Å². The SMILES string of the molecule is c1ccc(-c2ccccc2-c2ccccc2-c2ccccc2-c2ccc(N(c3ccccc3)c3ccc(-c4cccc5ccccc45)cc3)cc2)cc1. The standard InChI is InChI=1S/C52H37N/c1-3-16-38(17-4-1)47-23-9-11-25-49(47)51-27-13-14-28-52(51)50-26-12-10-24-48(50)41-32-36-44(37-33-41)53(42-20-5-2-6-21-42)43-34-30-40(31-35-43)46-29-15-19-39-18-7-8-22-45(39)46/h1-37H. The zero-order chi connectivity index (χ0) is 35.4. The van der Waals surface area contributed by atoms with Crippen LogP contribution in [0.15, 0.2) is 224 Å². The zero-order valence-electron chi connectivity index (χ0n) is 29.3. The molecule has 0 spiro atoms. The van der Waals surface area contributed by atoms with Gasteiger partial charge in [-0.05, 0) is 103 Å². The lowest BCUT2D eigenvalue weighted by atomic mass is 9.87. The third-order valence-electron chi connectivity index (χ3n) is 10.1. The van der Waals surface area contributed by atoms with Crippen molar-refractivity contribution < 1.29 is 0 Å². The topological polar surface area (TPSA) is 3.24 Å². The molecule has 53 heavy (non-hydrogen) atoms. The number of hydrogen-bond donors (Lipinski definition) is 0. The second-order valence-electron chi connectivity index (χ2n) is 13.3. The third kappa shape index (κ3) is 6.30. The number of para-hydroxylation sites is 1. The quantitative estimate of drug-likeness (QED) is 0.155. The fourth-order valence-electron chi connectivity index (χ4n) is 7.59. The van der Waals surface area contributed by atoms with Gasteiger partial charge in [-0.25, -0.2) is 0 Å². The molecule has 0 unspecified atom stereocenters. The first-order chi connectivity index (χ1) is 26.3.